The number of hydrogen-bond donors (Lipinski definition) is 1. The highest BCUT2D eigenvalue weighted by Gasteiger charge is 2.22. The summed E-state index contributed by atoms with van der Waals surface area (Å²) in [5.41, 5.74) is 0. The molecule has 1 N–H and O–H groups in total. The van der Waals surface area contributed by atoms with E-state index >= 15 is 0 Å². The fraction of sp³-hybridized carbons (Fsp3) is 0.870. The van der Waals surface area contributed by atoms with Crippen molar-refractivity contribution in [1.29, 1.82) is 0 Å². The van der Waals surface area contributed by atoms with Gasteiger partial charge >= 0.3 is 11.9 Å². The van der Waals surface area contributed by atoms with Crippen LogP contribution in [0.3, 0.4) is 0 Å². The summed E-state index contributed by atoms with van der Waals surface area (Å²) in [7, 11) is 0. The molecule has 0 bridgehead atoms. The molecule has 0 aliphatic carbocycles. The third-order valence-corrected chi connectivity index (χ3v) is 4.80. The van der Waals surface area contributed by atoms with Crippen molar-refractivity contribution in [3.8, 4) is 0 Å². The zero-order chi connectivity index (χ0) is 21.7. The predicted octanol–water partition coefficient (Wildman–Crippen LogP) is 5.08. The second-order valence-electron chi connectivity index (χ2n) is 7.72. The van der Waals surface area contributed by atoms with Crippen LogP contribution in [-0.4, -0.2) is 37.1 Å². The van der Waals surface area contributed by atoms with E-state index in [9.17, 15) is 14.4 Å². The first-order valence-corrected chi connectivity index (χ1v) is 11.6. The number of nitrogens with one attached hydrogen (secondary N) is 1. The fourth-order valence-corrected chi connectivity index (χ4v) is 3.05. The number of amides is 1. The molecule has 1 unspecified atom stereocenters. The molecule has 0 saturated carbocycles. The summed E-state index contributed by atoms with van der Waals surface area (Å²) in [5.74, 6) is -1.12. The van der Waals surface area contributed by atoms with E-state index in [0.29, 0.717) is 13.2 Å². The van der Waals surface area contributed by atoms with Gasteiger partial charge in [-0.05, 0) is 19.3 Å². The molecule has 0 radical (unpaired) electrons. The quantitative estimate of drug-likeness (QED) is 0.236. The molecule has 0 spiro atoms. The van der Waals surface area contributed by atoms with Crippen LogP contribution in [0.25, 0.3) is 0 Å². The highest BCUT2D eigenvalue weighted by Crippen LogP contribution is 2.08. The minimum atomic E-state index is -0.797. The van der Waals surface area contributed by atoms with Gasteiger partial charge in [0.25, 0.3) is 0 Å². The van der Waals surface area contributed by atoms with Crippen LogP contribution >= 0.6 is 0 Å². The summed E-state index contributed by atoms with van der Waals surface area (Å²) in [6.45, 7) is 6.47. The molecule has 0 aliphatic heterocycles. The lowest BCUT2D eigenvalue weighted by molar-refractivity contribution is -0.149. The van der Waals surface area contributed by atoms with Crippen molar-refractivity contribution in [3.05, 3.63) is 0 Å². The van der Waals surface area contributed by atoms with Crippen molar-refractivity contribution < 1.29 is 23.9 Å². The molecule has 170 valence electrons. The lowest BCUT2D eigenvalue weighted by Gasteiger charge is -2.16. The standard InChI is InChI=1S/C23H43NO5/c1-4-6-8-10-12-14-18-28-22(26)17-16-21(24-20(3)25)23(27)29-19-15-13-11-9-7-5-2/h21H,4-19H2,1-3H3,(H,24,25). The molecule has 0 aromatic carbocycles. The number of esters is 2. The van der Waals surface area contributed by atoms with E-state index in [4.69, 9.17) is 9.47 Å². The van der Waals surface area contributed by atoms with Crippen molar-refractivity contribution in [3.63, 3.8) is 0 Å². The molecule has 0 saturated heterocycles. The molecule has 6 heteroatoms. The van der Waals surface area contributed by atoms with Gasteiger partial charge in [-0.15, -0.1) is 0 Å². The highest BCUT2D eigenvalue weighted by atomic mass is 16.5. The third-order valence-electron chi connectivity index (χ3n) is 4.80. The smallest absolute Gasteiger partial charge is 0.328 e. The SMILES string of the molecule is CCCCCCCCOC(=O)CCC(NC(C)=O)C(=O)OCCCCCCCC. The normalized spacial score (nSPS) is 11.7. The Hall–Kier alpha value is -1.59. The minimum absolute atomic E-state index is 0.0902. The zero-order valence-electron chi connectivity index (χ0n) is 18.9. The van der Waals surface area contributed by atoms with Crippen molar-refractivity contribution in [2.75, 3.05) is 13.2 Å². The Kier molecular flexibility index (Phi) is 18.6. The average Bonchev–Trinajstić information content (AvgIpc) is 2.69. The Labute approximate surface area is 177 Å². The molecular weight excluding hydrogens is 370 g/mol. The molecule has 0 aromatic heterocycles. The van der Waals surface area contributed by atoms with E-state index in [2.05, 4.69) is 19.2 Å². The molecule has 0 heterocycles. The number of rotatable bonds is 19. The largest absolute Gasteiger partial charge is 0.466 e. The summed E-state index contributed by atoms with van der Waals surface area (Å²) in [6, 6.07) is -0.797. The lowest BCUT2D eigenvalue weighted by atomic mass is 10.1. The molecule has 0 aromatic rings. The summed E-state index contributed by atoms with van der Waals surface area (Å²) in [4.78, 5) is 35.5. The van der Waals surface area contributed by atoms with E-state index in [-0.39, 0.29) is 24.7 Å². The van der Waals surface area contributed by atoms with Crippen LogP contribution < -0.4 is 5.32 Å². The van der Waals surface area contributed by atoms with Crippen molar-refractivity contribution in [1.82, 2.24) is 5.32 Å². The molecule has 1 amide bonds. The summed E-state index contributed by atoms with van der Waals surface area (Å²) >= 11 is 0. The van der Waals surface area contributed by atoms with Gasteiger partial charge in [-0.1, -0.05) is 78.1 Å². The Balaban J connectivity index is 3.99. The Morgan fingerprint density at radius 3 is 1.72 bits per heavy atom. The summed E-state index contributed by atoms with van der Waals surface area (Å²) < 4.78 is 10.5. The van der Waals surface area contributed by atoms with Gasteiger partial charge in [0.05, 0.1) is 13.2 Å². The van der Waals surface area contributed by atoms with Crippen LogP contribution in [0.2, 0.25) is 0 Å². The van der Waals surface area contributed by atoms with E-state index in [0.717, 1.165) is 32.1 Å². The molecule has 6 nitrogen and oxygen atoms in total. The van der Waals surface area contributed by atoms with E-state index in [1.54, 1.807) is 0 Å². The maximum absolute atomic E-state index is 12.2. The van der Waals surface area contributed by atoms with Crippen LogP contribution in [0.1, 0.15) is 111 Å². The van der Waals surface area contributed by atoms with Gasteiger partial charge in [-0.25, -0.2) is 4.79 Å². The molecule has 0 fully saturated rings. The Bertz CT molecular complexity index is 439. The molecule has 0 aliphatic rings. The molecular formula is C23H43NO5. The molecule has 0 rings (SSSR count). The first kappa shape index (κ1) is 27.4. The van der Waals surface area contributed by atoms with Crippen LogP contribution in [-0.2, 0) is 23.9 Å². The predicted molar refractivity (Wildman–Crippen MR) is 116 cm³/mol. The van der Waals surface area contributed by atoms with Gasteiger partial charge in [0.1, 0.15) is 6.04 Å². The highest BCUT2D eigenvalue weighted by molar-refractivity contribution is 5.83. The second-order valence-corrected chi connectivity index (χ2v) is 7.72. The van der Waals surface area contributed by atoms with E-state index in [1.807, 2.05) is 0 Å². The van der Waals surface area contributed by atoms with Gasteiger partial charge in [0.15, 0.2) is 0 Å². The van der Waals surface area contributed by atoms with E-state index < -0.39 is 12.0 Å². The van der Waals surface area contributed by atoms with Crippen molar-refractivity contribution in [2.45, 2.75) is 117 Å². The third kappa shape index (κ3) is 18.2. The number of unbranched alkanes of at least 4 members (excludes halogenated alkanes) is 10. The Morgan fingerprint density at radius 1 is 0.724 bits per heavy atom. The maximum atomic E-state index is 12.2. The van der Waals surface area contributed by atoms with Crippen LogP contribution in [0, 0.1) is 0 Å². The van der Waals surface area contributed by atoms with Gasteiger partial charge in [0, 0.05) is 13.3 Å². The first-order valence-electron chi connectivity index (χ1n) is 11.6. The summed E-state index contributed by atoms with van der Waals surface area (Å²) in [5, 5.41) is 2.58. The second kappa shape index (κ2) is 19.7. The van der Waals surface area contributed by atoms with Gasteiger partial charge in [-0.2, -0.15) is 0 Å². The number of carbonyl (C=O) groups excluding carboxylic acids is 3. The zero-order valence-corrected chi connectivity index (χ0v) is 18.9. The first-order chi connectivity index (χ1) is 14.0. The number of hydrogen-bond acceptors (Lipinski definition) is 5. The maximum Gasteiger partial charge on any atom is 0.328 e. The fourth-order valence-electron chi connectivity index (χ4n) is 3.05. The average molecular weight is 414 g/mol. The van der Waals surface area contributed by atoms with Gasteiger partial charge in [0.2, 0.25) is 5.91 Å². The Morgan fingerprint density at radius 2 is 1.21 bits per heavy atom. The van der Waals surface area contributed by atoms with Gasteiger partial charge < -0.3 is 14.8 Å². The van der Waals surface area contributed by atoms with Gasteiger partial charge in [-0.3, -0.25) is 9.59 Å². The topological polar surface area (TPSA) is 81.7 Å². The molecule has 1 atom stereocenters. The van der Waals surface area contributed by atoms with Crippen LogP contribution in [0.4, 0.5) is 0 Å². The van der Waals surface area contributed by atoms with E-state index in [1.165, 1.54) is 51.9 Å². The summed E-state index contributed by atoms with van der Waals surface area (Å²) in [6.07, 6.45) is 13.7. The van der Waals surface area contributed by atoms with Crippen LogP contribution in [0.15, 0.2) is 0 Å². The number of ether oxygens (including phenoxy) is 2. The lowest BCUT2D eigenvalue weighted by Crippen LogP contribution is -2.41. The monoisotopic (exact) mass is 413 g/mol. The van der Waals surface area contributed by atoms with Crippen molar-refractivity contribution >= 4 is 17.8 Å². The molecule has 29 heavy (non-hydrogen) atoms. The number of carbonyl (C=O) groups is 3. The van der Waals surface area contributed by atoms with Crippen LogP contribution in [0.5, 0.6) is 0 Å². The minimum Gasteiger partial charge on any atom is -0.466 e. The van der Waals surface area contributed by atoms with Crippen molar-refractivity contribution in [2.24, 2.45) is 0 Å².